The molecule has 0 bridgehead atoms. The van der Waals surface area contributed by atoms with E-state index < -0.39 is 10.0 Å². The maximum atomic E-state index is 11.8. The Morgan fingerprint density at radius 2 is 2.13 bits per heavy atom. The molecule has 3 nitrogen and oxygen atoms in total. The van der Waals surface area contributed by atoms with Gasteiger partial charge in [-0.3, -0.25) is 4.31 Å². The van der Waals surface area contributed by atoms with E-state index in [4.69, 9.17) is 0 Å². The van der Waals surface area contributed by atoms with Gasteiger partial charge < -0.3 is 0 Å². The Morgan fingerprint density at radius 3 is 2.80 bits per heavy atom. The minimum Gasteiger partial charge on any atom is -0.270 e. The Labute approximate surface area is 90.8 Å². The van der Waals surface area contributed by atoms with E-state index in [-0.39, 0.29) is 5.75 Å². The number of benzene rings is 1. The van der Waals surface area contributed by atoms with Crippen molar-refractivity contribution >= 4 is 15.7 Å². The summed E-state index contributed by atoms with van der Waals surface area (Å²) in [6.45, 7) is 4.30. The Bertz CT molecular complexity index is 479. The van der Waals surface area contributed by atoms with Gasteiger partial charge in [0.1, 0.15) is 0 Å². The molecule has 0 N–H and O–H groups in total. The van der Waals surface area contributed by atoms with Gasteiger partial charge in [-0.2, -0.15) is 0 Å². The molecule has 0 spiro atoms. The van der Waals surface area contributed by atoms with E-state index >= 15 is 0 Å². The van der Waals surface area contributed by atoms with Gasteiger partial charge in [0, 0.05) is 6.54 Å². The first kappa shape index (κ1) is 10.5. The summed E-state index contributed by atoms with van der Waals surface area (Å²) in [6, 6.07) is 5.94. The molecule has 0 aromatic heterocycles. The van der Waals surface area contributed by atoms with E-state index in [1.807, 2.05) is 19.1 Å². The lowest BCUT2D eigenvalue weighted by molar-refractivity contribution is 0.593. The highest BCUT2D eigenvalue weighted by Gasteiger charge is 2.27. The monoisotopic (exact) mass is 225 g/mol. The van der Waals surface area contributed by atoms with Crippen LogP contribution in [-0.4, -0.2) is 20.7 Å². The second kappa shape index (κ2) is 3.52. The largest absolute Gasteiger partial charge is 0.270 e. The van der Waals surface area contributed by atoms with Crippen LogP contribution in [0.5, 0.6) is 0 Å². The van der Waals surface area contributed by atoms with Crippen molar-refractivity contribution in [3.05, 3.63) is 29.3 Å². The number of hydrogen-bond acceptors (Lipinski definition) is 2. The minimum atomic E-state index is -3.09. The van der Waals surface area contributed by atoms with Gasteiger partial charge in [-0.15, -0.1) is 0 Å². The van der Waals surface area contributed by atoms with Gasteiger partial charge in [0.25, 0.3) is 0 Å². The van der Waals surface area contributed by atoms with Crippen LogP contribution in [0.25, 0.3) is 0 Å². The van der Waals surface area contributed by atoms with Crippen molar-refractivity contribution in [2.45, 2.75) is 20.3 Å². The average molecular weight is 225 g/mol. The third-order valence-corrected chi connectivity index (χ3v) is 4.57. The zero-order chi connectivity index (χ0) is 11.1. The van der Waals surface area contributed by atoms with Crippen molar-refractivity contribution in [1.29, 1.82) is 0 Å². The van der Waals surface area contributed by atoms with Gasteiger partial charge in [-0.05, 0) is 31.9 Å². The fraction of sp³-hybridized carbons (Fsp3) is 0.455. The summed E-state index contributed by atoms with van der Waals surface area (Å²) >= 11 is 0. The van der Waals surface area contributed by atoms with E-state index in [0.29, 0.717) is 6.54 Å². The van der Waals surface area contributed by atoms with Crippen molar-refractivity contribution in [3.63, 3.8) is 0 Å². The minimum absolute atomic E-state index is 0.167. The fourth-order valence-electron chi connectivity index (χ4n) is 1.95. The topological polar surface area (TPSA) is 37.4 Å². The van der Waals surface area contributed by atoms with Crippen molar-refractivity contribution < 1.29 is 8.42 Å². The number of anilines is 1. The van der Waals surface area contributed by atoms with Crippen LogP contribution in [0.3, 0.4) is 0 Å². The zero-order valence-electron chi connectivity index (χ0n) is 9.03. The van der Waals surface area contributed by atoms with Crippen molar-refractivity contribution in [1.82, 2.24) is 0 Å². The van der Waals surface area contributed by atoms with Gasteiger partial charge in [-0.25, -0.2) is 8.42 Å². The molecule has 1 aliphatic heterocycles. The third kappa shape index (κ3) is 1.74. The lowest BCUT2D eigenvalue weighted by Crippen LogP contribution is -2.30. The molecular weight excluding hydrogens is 210 g/mol. The molecule has 0 atom stereocenters. The van der Waals surface area contributed by atoms with Crippen LogP contribution in [0.2, 0.25) is 0 Å². The van der Waals surface area contributed by atoms with Crippen LogP contribution in [0.4, 0.5) is 5.69 Å². The van der Waals surface area contributed by atoms with E-state index in [1.165, 1.54) is 9.87 Å². The lowest BCUT2D eigenvalue weighted by atomic mass is 10.1. The van der Waals surface area contributed by atoms with Gasteiger partial charge >= 0.3 is 0 Å². The molecule has 0 radical (unpaired) electrons. The fourth-order valence-corrected chi connectivity index (χ4v) is 3.10. The highest BCUT2D eigenvalue weighted by Crippen LogP contribution is 2.30. The maximum Gasteiger partial charge on any atom is 0.234 e. The van der Waals surface area contributed by atoms with Crippen LogP contribution < -0.4 is 4.31 Å². The summed E-state index contributed by atoms with van der Waals surface area (Å²) in [5.41, 5.74) is 3.19. The van der Waals surface area contributed by atoms with E-state index in [2.05, 4.69) is 6.07 Å². The van der Waals surface area contributed by atoms with Crippen LogP contribution >= 0.6 is 0 Å². The van der Waals surface area contributed by atoms with Crippen LogP contribution in [0.1, 0.15) is 18.1 Å². The predicted molar refractivity (Wildman–Crippen MR) is 61.7 cm³/mol. The molecule has 15 heavy (non-hydrogen) atoms. The summed E-state index contributed by atoms with van der Waals surface area (Å²) in [4.78, 5) is 0. The van der Waals surface area contributed by atoms with Crippen molar-refractivity contribution in [3.8, 4) is 0 Å². The molecule has 1 aromatic rings. The number of fused-ring (bicyclic) bond motifs is 1. The first-order valence-electron chi connectivity index (χ1n) is 5.14. The standard InChI is InChI=1S/C11H15NO2S/c1-3-15(13,14)12-7-6-10-8-9(2)4-5-11(10)12/h4-5,8H,3,6-7H2,1-2H3. The molecule has 0 amide bonds. The average Bonchev–Trinajstić information content (AvgIpc) is 2.61. The summed E-state index contributed by atoms with van der Waals surface area (Å²) in [6.07, 6.45) is 0.830. The third-order valence-electron chi connectivity index (χ3n) is 2.79. The van der Waals surface area contributed by atoms with Crippen LogP contribution in [0, 0.1) is 6.92 Å². The zero-order valence-corrected chi connectivity index (χ0v) is 9.84. The number of nitrogens with zero attached hydrogens (tertiary/aromatic N) is 1. The highest BCUT2D eigenvalue weighted by atomic mass is 32.2. The Balaban J connectivity index is 2.46. The molecule has 0 aliphatic carbocycles. The second-order valence-corrected chi connectivity index (χ2v) is 6.04. The van der Waals surface area contributed by atoms with E-state index in [1.54, 1.807) is 6.92 Å². The Hall–Kier alpha value is -1.03. The summed E-state index contributed by atoms with van der Waals surface area (Å²) in [5, 5.41) is 0. The molecule has 0 saturated heterocycles. The van der Waals surface area contributed by atoms with E-state index in [0.717, 1.165) is 17.7 Å². The van der Waals surface area contributed by atoms with Crippen molar-refractivity contribution in [2.24, 2.45) is 0 Å². The molecular formula is C11H15NO2S. The SMILES string of the molecule is CCS(=O)(=O)N1CCc2cc(C)ccc21. The molecule has 82 valence electrons. The molecule has 1 aromatic carbocycles. The molecule has 1 aliphatic rings. The van der Waals surface area contributed by atoms with E-state index in [9.17, 15) is 8.42 Å². The molecule has 4 heteroatoms. The molecule has 1 heterocycles. The first-order chi connectivity index (χ1) is 7.04. The van der Waals surface area contributed by atoms with Gasteiger partial charge in [0.15, 0.2) is 0 Å². The highest BCUT2D eigenvalue weighted by molar-refractivity contribution is 7.92. The van der Waals surface area contributed by atoms with Crippen molar-refractivity contribution in [2.75, 3.05) is 16.6 Å². The number of hydrogen-bond donors (Lipinski definition) is 0. The maximum absolute atomic E-state index is 11.8. The predicted octanol–water partition coefficient (Wildman–Crippen LogP) is 1.71. The summed E-state index contributed by atoms with van der Waals surface area (Å²) < 4.78 is 25.1. The Kier molecular flexibility index (Phi) is 2.46. The number of rotatable bonds is 2. The normalized spacial score (nSPS) is 15.5. The van der Waals surface area contributed by atoms with Crippen LogP contribution in [0.15, 0.2) is 18.2 Å². The quantitative estimate of drug-likeness (QED) is 0.768. The number of aryl methyl sites for hydroxylation is 1. The summed E-state index contributed by atoms with van der Waals surface area (Å²) in [7, 11) is -3.09. The first-order valence-corrected chi connectivity index (χ1v) is 6.75. The lowest BCUT2D eigenvalue weighted by Gasteiger charge is -2.18. The smallest absolute Gasteiger partial charge is 0.234 e. The van der Waals surface area contributed by atoms with Gasteiger partial charge in [0.05, 0.1) is 11.4 Å². The van der Waals surface area contributed by atoms with Gasteiger partial charge in [0.2, 0.25) is 10.0 Å². The molecule has 0 saturated carbocycles. The number of sulfonamides is 1. The molecule has 0 unspecified atom stereocenters. The Morgan fingerprint density at radius 1 is 1.40 bits per heavy atom. The summed E-state index contributed by atoms with van der Waals surface area (Å²) in [5.74, 6) is 0.167. The second-order valence-electron chi connectivity index (χ2n) is 3.85. The molecule has 2 rings (SSSR count). The van der Waals surface area contributed by atoms with Crippen LogP contribution in [-0.2, 0) is 16.4 Å². The molecule has 0 fully saturated rings. The van der Waals surface area contributed by atoms with Gasteiger partial charge in [-0.1, -0.05) is 17.7 Å².